The van der Waals surface area contributed by atoms with E-state index < -0.39 is 30.3 Å². The predicted molar refractivity (Wildman–Crippen MR) is 76.2 cm³/mol. The molecular weight excluding hydrogens is 304 g/mol. The fourth-order valence-corrected chi connectivity index (χ4v) is 2.69. The van der Waals surface area contributed by atoms with Crippen LogP contribution in [0.3, 0.4) is 0 Å². The summed E-state index contributed by atoms with van der Waals surface area (Å²) in [5.74, 6) is -2.26. The van der Waals surface area contributed by atoms with Crippen LogP contribution in [0, 0.1) is 0 Å². The smallest absolute Gasteiger partial charge is 0.230 e. The highest BCUT2D eigenvalue weighted by molar-refractivity contribution is 6.07. The van der Waals surface area contributed by atoms with Gasteiger partial charge >= 0.3 is 0 Å². The number of carbonyl (C=O) groups is 6. The maximum absolute atomic E-state index is 11.8. The molecule has 2 N–H and O–H groups in total. The Bertz CT molecular complexity index is 533. The Hall–Kier alpha value is -2.38. The molecule has 8 nitrogen and oxygen atoms in total. The molecule has 0 aromatic rings. The summed E-state index contributed by atoms with van der Waals surface area (Å²) in [6.45, 7) is 0. The van der Waals surface area contributed by atoms with Crippen LogP contribution in [0.4, 0.5) is 0 Å². The van der Waals surface area contributed by atoms with Crippen LogP contribution in [0.1, 0.15) is 44.9 Å². The maximum Gasteiger partial charge on any atom is 0.230 e. The molecule has 2 fully saturated rings. The normalized spacial score (nSPS) is 25.2. The van der Waals surface area contributed by atoms with E-state index in [1.54, 1.807) is 0 Å². The zero-order valence-corrected chi connectivity index (χ0v) is 12.6. The van der Waals surface area contributed by atoms with Crippen LogP contribution in [-0.2, 0) is 28.8 Å². The Morgan fingerprint density at radius 1 is 0.783 bits per heavy atom. The van der Waals surface area contributed by atoms with Gasteiger partial charge in [0.2, 0.25) is 11.8 Å². The predicted octanol–water partition coefficient (Wildman–Crippen LogP) is -1.01. The summed E-state index contributed by atoms with van der Waals surface area (Å²) in [6, 6.07) is -1.47. The summed E-state index contributed by atoms with van der Waals surface area (Å²) in [4.78, 5) is 69.0. The summed E-state index contributed by atoms with van der Waals surface area (Å²) in [5.41, 5.74) is 0. The van der Waals surface area contributed by atoms with Gasteiger partial charge in [-0.3, -0.25) is 28.8 Å². The van der Waals surface area contributed by atoms with Gasteiger partial charge in [-0.2, -0.15) is 0 Å². The summed E-state index contributed by atoms with van der Waals surface area (Å²) >= 11 is 0. The Balaban J connectivity index is 1.77. The van der Waals surface area contributed by atoms with Gasteiger partial charge in [-0.05, 0) is 12.8 Å². The van der Waals surface area contributed by atoms with Gasteiger partial charge < -0.3 is 10.6 Å². The third-order valence-electron chi connectivity index (χ3n) is 3.94. The minimum Gasteiger partial charge on any atom is -0.346 e. The molecule has 0 aromatic heterocycles. The third kappa shape index (κ3) is 4.80. The quantitative estimate of drug-likeness (QED) is 0.639. The largest absolute Gasteiger partial charge is 0.346 e. The van der Waals surface area contributed by atoms with Crippen molar-refractivity contribution in [3.63, 3.8) is 0 Å². The molecule has 8 heteroatoms. The van der Waals surface area contributed by atoms with Crippen molar-refractivity contribution in [2.24, 2.45) is 0 Å². The molecule has 2 amide bonds. The van der Waals surface area contributed by atoms with E-state index in [1.165, 1.54) is 0 Å². The number of carbonyl (C=O) groups excluding carboxylic acids is 6. The van der Waals surface area contributed by atoms with Crippen LogP contribution >= 0.6 is 0 Å². The highest BCUT2D eigenvalue weighted by Crippen LogP contribution is 2.13. The number of nitrogens with one attached hydrogen (secondary N) is 2. The molecular formula is C15H18N2O6. The molecule has 23 heavy (non-hydrogen) atoms. The van der Waals surface area contributed by atoms with Crippen LogP contribution in [-0.4, -0.2) is 47.0 Å². The van der Waals surface area contributed by atoms with Crippen molar-refractivity contribution in [3.8, 4) is 0 Å². The zero-order chi connectivity index (χ0) is 17.0. The van der Waals surface area contributed by atoms with Crippen molar-refractivity contribution >= 4 is 34.9 Å². The molecule has 2 rings (SSSR count). The second-order valence-electron chi connectivity index (χ2n) is 5.86. The minimum absolute atomic E-state index is 0.149. The lowest BCUT2D eigenvalue weighted by Crippen LogP contribution is -2.48. The number of rotatable bonds is 4. The van der Waals surface area contributed by atoms with E-state index >= 15 is 0 Å². The van der Waals surface area contributed by atoms with Crippen molar-refractivity contribution in [1.82, 2.24) is 10.6 Å². The van der Waals surface area contributed by atoms with Crippen molar-refractivity contribution in [2.75, 3.05) is 0 Å². The Morgan fingerprint density at radius 2 is 1.17 bits per heavy atom. The van der Waals surface area contributed by atoms with Gasteiger partial charge in [-0.1, -0.05) is 0 Å². The van der Waals surface area contributed by atoms with Crippen LogP contribution in [0.15, 0.2) is 0 Å². The van der Waals surface area contributed by atoms with Crippen molar-refractivity contribution in [3.05, 3.63) is 0 Å². The number of ketones is 4. The summed E-state index contributed by atoms with van der Waals surface area (Å²) in [7, 11) is 0. The van der Waals surface area contributed by atoms with Gasteiger partial charge in [0.05, 0.1) is 24.9 Å². The SMILES string of the molecule is O=C1CCC(NC(=O)CC(=O)NC2CCC(=O)CC2=O)C(=O)C1. The summed E-state index contributed by atoms with van der Waals surface area (Å²) in [5, 5.41) is 4.87. The molecule has 2 saturated carbocycles. The van der Waals surface area contributed by atoms with E-state index in [2.05, 4.69) is 10.6 Å². The highest BCUT2D eigenvalue weighted by Gasteiger charge is 2.30. The highest BCUT2D eigenvalue weighted by atomic mass is 16.2. The second-order valence-corrected chi connectivity index (χ2v) is 5.86. The zero-order valence-electron chi connectivity index (χ0n) is 12.6. The molecule has 2 aliphatic carbocycles. The molecule has 2 aliphatic rings. The molecule has 0 spiro atoms. The number of amides is 2. The minimum atomic E-state index is -0.734. The van der Waals surface area contributed by atoms with E-state index in [0.717, 1.165) is 0 Å². The monoisotopic (exact) mass is 322 g/mol. The second kappa shape index (κ2) is 7.26. The first-order chi connectivity index (χ1) is 10.8. The summed E-state index contributed by atoms with van der Waals surface area (Å²) < 4.78 is 0. The standard InChI is InChI=1S/C15H18N2O6/c18-8-1-3-10(12(20)5-8)16-14(22)7-15(23)17-11-4-2-9(19)6-13(11)21/h10-11H,1-7H2,(H,16,22)(H,17,23). The van der Waals surface area contributed by atoms with Gasteiger partial charge in [0.15, 0.2) is 11.6 Å². The molecule has 0 aliphatic heterocycles. The van der Waals surface area contributed by atoms with E-state index in [-0.39, 0.29) is 61.7 Å². The summed E-state index contributed by atoms with van der Waals surface area (Å²) in [6.07, 6.45) is 0.0580. The first kappa shape index (κ1) is 17.0. The van der Waals surface area contributed by atoms with E-state index in [1.807, 2.05) is 0 Å². The van der Waals surface area contributed by atoms with E-state index in [0.29, 0.717) is 0 Å². The van der Waals surface area contributed by atoms with Gasteiger partial charge in [0, 0.05) is 12.8 Å². The molecule has 0 saturated heterocycles. The fraction of sp³-hybridized carbons (Fsp3) is 0.600. The molecule has 0 aromatic carbocycles. The van der Waals surface area contributed by atoms with Crippen LogP contribution in [0.5, 0.6) is 0 Å². The first-order valence-electron chi connectivity index (χ1n) is 7.52. The molecule has 2 unspecified atom stereocenters. The molecule has 0 heterocycles. The van der Waals surface area contributed by atoms with E-state index in [4.69, 9.17) is 0 Å². The molecule has 0 bridgehead atoms. The van der Waals surface area contributed by atoms with Gasteiger partial charge in [0.25, 0.3) is 0 Å². The van der Waals surface area contributed by atoms with Gasteiger partial charge in [0.1, 0.15) is 18.0 Å². The van der Waals surface area contributed by atoms with Crippen LogP contribution < -0.4 is 10.6 Å². The van der Waals surface area contributed by atoms with Crippen LogP contribution in [0.2, 0.25) is 0 Å². The maximum atomic E-state index is 11.8. The number of Topliss-reactive ketones (excluding diaryl/α,β-unsaturated/α-hetero) is 4. The lowest BCUT2D eigenvalue weighted by atomic mass is 9.92. The molecule has 0 radical (unpaired) electrons. The average Bonchev–Trinajstić information content (AvgIpc) is 2.45. The number of hydrogen-bond acceptors (Lipinski definition) is 6. The van der Waals surface area contributed by atoms with Crippen molar-refractivity contribution in [2.45, 2.75) is 57.0 Å². The Labute approximate surface area is 132 Å². The van der Waals surface area contributed by atoms with Crippen molar-refractivity contribution in [1.29, 1.82) is 0 Å². The van der Waals surface area contributed by atoms with Gasteiger partial charge in [-0.25, -0.2) is 0 Å². The Kier molecular flexibility index (Phi) is 5.36. The average molecular weight is 322 g/mol. The first-order valence-corrected chi connectivity index (χ1v) is 7.52. The lowest BCUT2D eigenvalue weighted by Gasteiger charge is -2.22. The molecule has 124 valence electrons. The van der Waals surface area contributed by atoms with Crippen molar-refractivity contribution < 1.29 is 28.8 Å². The topological polar surface area (TPSA) is 126 Å². The van der Waals surface area contributed by atoms with Gasteiger partial charge in [-0.15, -0.1) is 0 Å². The number of hydrogen-bond donors (Lipinski definition) is 2. The Morgan fingerprint density at radius 3 is 1.52 bits per heavy atom. The molecule has 2 atom stereocenters. The van der Waals surface area contributed by atoms with E-state index in [9.17, 15) is 28.8 Å². The lowest BCUT2D eigenvalue weighted by molar-refractivity contribution is -0.137. The fourth-order valence-electron chi connectivity index (χ4n) is 2.69. The third-order valence-corrected chi connectivity index (χ3v) is 3.94. The van der Waals surface area contributed by atoms with Crippen LogP contribution in [0.25, 0.3) is 0 Å².